The van der Waals surface area contributed by atoms with Crippen molar-refractivity contribution in [2.24, 2.45) is 5.92 Å². The molecule has 1 atom stereocenters. The van der Waals surface area contributed by atoms with Crippen molar-refractivity contribution in [2.75, 3.05) is 0 Å². The first-order chi connectivity index (χ1) is 5.66. The van der Waals surface area contributed by atoms with Crippen molar-refractivity contribution in [3.8, 4) is 6.07 Å². The Morgan fingerprint density at radius 2 is 2.17 bits per heavy atom. The SMILES string of the molecule is CC(C#N)CCCCCC(=O)O. The highest BCUT2D eigenvalue weighted by Crippen LogP contribution is 2.09. The highest BCUT2D eigenvalue weighted by Gasteiger charge is 2.00. The molecule has 1 unspecified atom stereocenters. The van der Waals surface area contributed by atoms with E-state index in [0.29, 0.717) is 0 Å². The summed E-state index contributed by atoms with van der Waals surface area (Å²) in [5, 5.41) is 16.8. The summed E-state index contributed by atoms with van der Waals surface area (Å²) in [7, 11) is 0. The van der Waals surface area contributed by atoms with E-state index in [9.17, 15) is 4.79 Å². The third-order valence-electron chi connectivity index (χ3n) is 1.75. The Labute approximate surface area is 73.0 Å². The topological polar surface area (TPSA) is 61.1 Å². The molecule has 0 rings (SSSR count). The highest BCUT2D eigenvalue weighted by molar-refractivity contribution is 5.66. The van der Waals surface area contributed by atoms with Gasteiger partial charge in [-0.1, -0.05) is 12.8 Å². The van der Waals surface area contributed by atoms with E-state index >= 15 is 0 Å². The summed E-state index contributed by atoms with van der Waals surface area (Å²) in [5.41, 5.74) is 0. The first kappa shape index (κ1) is 11.0. The molecule has 0 aromatic rings. The minimum absolute atomic E-state index is 0.106. The van der Waals surface area contributed by atoms with Gasteiger partial charge in [-0.05, 0) is 19.8 Å². The molecule has 0 aromatic carbocycles. The summed E-state index contributed by atoms with van der Waals surface area (Å²) in [6, 6.07) is 2.15. The molecule has 0 saturated carbocycles. The van der Waals surface area contributed by atoms with Crippen LogP contribution in [0.25, 0.3) is 0 Å². The van der Waals surface area contributed by atoms with Gasteiger partial charge >= 0.3 is 5.97 Å². The number of unbranched alkanes of at least 4 members (excludes halogenated alkanes) is 2. The van der Waals surface area contributed by atoms with Crippen LogP contribution in [-0.2, 0) is 4.79 Å². The van der Waals surface area contributed by atoms with Gasteiger partial charge in [-0.25, -0.2) is 0 Å². The van der Waals surface area contributed by atoms with Gasteiger partial charge in [0.25, 0.3) is 0 Å². The molecule has 3 heteroatoms. The Hall–Kier alpha value is -1.04. The monoisotopic (exact) mass is 169 g/mol. The number of nitrogens with zero attached hydrogens (tertiary/aromatic N) is 1. The molecule has 68 valence electrons. The van der Waals surface area contributed by atoms with Gasteiger partial charge in [-0.15, -0.1) is 0 Å². The van der Waals surface area contributed by atoms with Crippen LogP contribution in [0.5, 0.6) is 0 Å². The Kier molecular flexibility index (Phi) is 6.08. The summed E-state index contributed by atoms with van der Waals surface area (Å²) in [4.78, 5) is 10.1. The predicted octanol–water partition coefficient (Wildman–Crippen LogP) is 2.18. The average Bonchev–Trinajstić information content (AvgIpc) is 2.03. The van der Waals surface area contributed by atoms with E-state index in [1.165, 1.54) is 0 Å². The minimum Gasteiger partial charge on any atom is -0.481 e. The number of carboxylic acid groups (broad SMARTS) is 1. The third kappa shape index (κ3) is 7.07. The number of rotatable bonds is 6. The van der Waals surface area contributed by atoms with Crippen molar-refractivity contribution in [3.63, 3.8) is 0 Å². The zero-order valence-corrected chi connectivity index (χ0v) is 7.42. The van der Waals surface area contributed by atoms with E-state index in [-0.39, 0.29) is 12.3 Å². The molecule has 0 radical (unpaired) electrons. The van der Waals surface area contributed by atoms with Gasteiger partial charge in [0.1, 0.15) is 0 Å². The first-order valence-corrected chi connectivity index (χ1v) is 4.28. The van der Waals surface area contributed by atoms with E-state index in [1.807, 2.05) is 6.92 Å². The molecular formula is C9H15NO2. The molecule has 0 aliphatic rings. The van der Waals surface area contributed by atoms with Crippen molar-refractivity contribution in [1.82, 2.24) is 0 Å². The lowest BCUT2D eigenvalue weighted by Gasteiger charge is -2.00. The van der Waals surface area contributed by atoms with E-state index in [0.717, 1.165) is 25.7 Å². The summed E-state index contributed by atoms with van der Waals surface area (Å²) in [5.74, 6) is -0.627. The lowest BCUT2D eigenvalue weighted by molar-refractivity contribution is -0.137. The Morgan fingerprint density at radius 3 is 2.67 bits per heavy atom. The molecule has 0 saturated heterocycles. The Morgan fingerprint density at radius 1 is 1.50 bits per heavy atom. The maximum Gasteiger partial charge on any atom is 0.303 e. The van der Waals surface area contributed by atoms with Crippen LogP contribution in [0.15, 0.2) is 0 Å². The third-order valence-corrected chi connectivity index (χ3v) is 1.75. The van der Waals surface area contributed by atoms with Crippen LogP contribution in [0.2, 0.25) is 0 Å². The normalized spacial score (nSPS) is 12.0. The molecular weight excluding hydrogens is 154 g/mol. The quantitative estimate of drug-likeness (QED) is 0.620. The molecule has 0 heterocycles. The van der Waals surface area contributed by atoms with E-state index in [1.54, 1.807) is 0 Å². The molecule has 0 fully saturated rings. The standard InChI is InChI=1S/C9H15NO2/c1-8(7-10)5-3-2-4-6-9(11)12/h8H,2-6H2,1H3,(H,11,12). The number of hydrogen-bond donors (Lipinski definition) is 1. The largest absolute Gasteiger partial charge is 0.481 e. The van der Waals surface area contributed by atoms with Crippen LogP contribution >= 0.6 is 0 Å². The first-order valence-electron chi connectivity index (χ1n) is 4.28. The maximum absolute atomic E-state index is 10.1. The fraction of sp³-hybridized carbons (Fsp3) is 0.778. The number of hydrogen-bond acceptors (Lipinski definition) is 2. The van der Waals surface area contributed by atoms with E-state index in [2.05, 4.69) is 6.07 Å². The van der Waals surface area contributed by atoms with Crippen molar-refractivity contribution in [1.29, 1.82) is 5.26 Å². The van der Waals surface area contributed by atoms with Gasteiger partial charge in [0.2, 0.25) is 0 Å². The van der Waals surface area contributed by atoms with Gasteiger partial charge in [0.05, 0.1) is 6.07 Å². The smallest absolute Gasteiger partial charge is 0.303 e. The Bertz CT molecular complexity index is 172. The van der Waals surface area contributed by atoms with Crippen LogP contribution in [-0.4, -0.2) is 11.1 Å². The fourth-order valence-electron chi connectivity index (χ4n) is 0.968. The van der Waals surface area contributed by atoms with Gasteiger partial charge in [-0.2, -0.15) is 5.26 Å². The summed E-state index contributed by atoms with van der Waals surface area (Å²) < 4.78 is 0. The fourth-order valence-corrected chi connectivity index (χ4v) is 0.968. The van der Waals surface area contributed by atoms with Gasteiger partial charge in [0.15, 0.2) is 0 Å². The second kappa shape index (κ2) is 6.66. The van der Waals surface area contributed by atoms with Crippen molar-refractivity contribution < 1.29 is 9.90 Å². The lowest BCUT2D eigenvalue weighted by Crippen LogP contribution is -1.94. The van der Waals surface area contributed by atoms with Crippen LogP contribution in [0.4, 0.5) is 0 Å². The van der Waals surface area contributed by atoms with Crippen molar-refractivity contribution in [2.45, 2.75) is 39.0 Å². The molecule has 12 heavy (non-hydrogen) atoms. The summed E-state index contributed by atoms with van der Waals surface area (Å²) >= 11 is 0. The molecule has 0 aliphatic carbocycles. The average molecular weight is 169 g/mol. The number of carbonyl (C=O) groups is 1. The molecule has 0 spiro atoms. The van der Waals surface area contributed by atoms with Crippen LogP contribution in [0.1, 0.15) is 39.0 Å². The second-order valence-corrected chi connectivity index (χ2v) is 3.02. The van der Waals surface area contributed by atoms with Crippen LogP contribution in [0, 0.1) is 17.2 Å². The summed E-state index contributed by atoms with van der Waals surface area (Å²) in [6.07, 6.45) is 3.74. The lowest BCUT2D eigenvalue weighted by atomic mass is 10.0. The molecule has 3 nitrogen and oxygen atoms in total. The van der Waals surface area contributed by atoms with Gasteiger partial charge in [0, 0.05) is 12.3 Å². The zero-order valence-electron chi connectivity index (χ0n) is 7.42. The number of nitriles is 1. The van der Waals surface area contributed by atoms with Crippen LogP contribution in [0.3, 0.4) is 0 Å². The predicted molar refractivity (Wildman–Crippen MR) is 45.5 cm³/mol. The summed E-state index contributed by atoms with van der Waals surface area (Å²) in [6.45, 7) is 1.89. The van der Waals surface area contributed by atoms with Gasteiger partial charge in [-0.3, -0.25) is 4.79 Å². The number of aliphatic carboxylic acids is 1. The van der Waals surface area contributed by atoms with Crippen LogP contribution < -0.4 is 0 Å². The molecule has 0 bridgehead atoms. The number of carboxylic acids is 1. The van der Waals surface area contributed by atoms with Gasteiger partial charge < -0.3 is 5.11 Å². The molecule has 0 aromatic heterocycles. The minimum atomic E-state index is -0.733. The molecule has 0 aliphatic heterocycles. The highest BCUT2D eigenvalue weighted by atomic mass is 16.4. The van der Waals surface area contributed by atoms with Crippen molar-refractivity contribution in [3.05, 3.63) is 0 Å². The maximum atomic E-state index is 10.1. The van der Waals surface area contributed by atoms with Crippen molar-refractivity contribution >= 4 is 5.97 Å². The second-order valence-electron chi connectivity index (χ2n) is 3.02. The van der Waals surface area contributed by atoms with E-state index < -0.39 is 5.97 Å². The molecule has 0 amide bonds. The van der Waals surface area contributed by atoms with E-state index in [4.69, 9.17) is 10.4 Å². The Balaban J connectivity index is 3.12. The molecule has 1 N–H and O–H groups in total. The zero-order chi connectivity index (χ0) is 9.40.